The maximum atomic E-state index is 11.8. The number of carboxylic acid groups (broad SMARTS) is 1. The van der Waals surface area contributed by atoms with E-state index in [1.54, 1.807) is 11.8 Å². The summed E-state index contributed by atoms with van der Waals surface area (Å²) in [5.74, 6) is -1.07. The molecule has 2 atom stereocenters. The fourth-order valence-electron chi connectivity index (χ4n) is 1.71. The van der Waals surface area contributed by atoms with E-state index < -0.39 is 12.0 Å². The third-order valence-electron chi connectivity index (χ3n) is 3.32. The van der Waals surface area contributed by atoms with Crippen molar-refractivity contribution in [3.05, 3.63) is 0 Å². The van der Waals surface area contributed by atoms with Crippen LogP contribution in [0.3, 0.4) is 0 Å². The van der Waals surface area contributed by atoms with E-state index in [0.717, 1.165) is 0 Å². The van der Waals surface area contributed by atoms with Gasteiger partial charge in [-0.15, -0.1) is 0 Å². The lowest BCUT2D eigenvalue weighted by molar-refractivity contribution is -0.151. The summed E-state index contributed by atoms with van der Waals surface area (Å²) in [6.45, 7) is 6.52. The summed E-state index contributed by atoms with van der Waals surface area (Å²) in [5.41, 5.74) is 5.74. The van der Waals surface area contributed by atoms with E-state index in [1.807, 2.05) is 13.8 Å². The molecular formula is C11H20N2O3. The van der Waals surface area contributed by atoms with Crippen molar-refractivity contribution in [3.8, 4) is 0 Å². The van der Waals surface area contributed by atoms with Gasteiger partial charge in [-0.1, -0.05) is 20.8 Å². The van der Waals surface area contributed by atoms with Gasteiger partial charge in [0.15, 0.2) is 0 Å². The largest absolute Gasteiger partial charge is 0.481 e. The molecule has 0 radical (unpaired) electrons. The molecule has 1 unspecified atom stereocenters. The minimum atomic E-state index is -0.801. The Kier molecular flexibility index (Phi) is 3.91. The highest BCUT2D eigenvalue weighted by atomic mass is 16.4. The van der Waals surface area contributed by atoms with E-state index in [9.17, 15) is 9.59 Å². The van der Waals surface area contributed by atoms with Gasteiger partial charge in [-0.05, 0) is 5.92 Å². The van der Waals surface area contributed by atoms with Crippen molar-refractivity contribution in [1.29, 1.82) is 0 Å². The Balaban J connectivity index is 2.41. The smallest absolute Gasteiger partial charge is 0.306 e. The number of amides is 1. The van der Waals surface area contributed by atoms with Gasteiger partial charge in [0.05, 0.1) is 12.0 Å². The normalized spacial score (nSPS) is 20.4. The fraction of sp³-hybridized carbons (Fsp3) is 0.818. The van der Waals surface area contributed by atoms with E-state index in [0.29, 0.717) is 13.1 Å². The van der Waals surface area contributed by atoms with E-state index in [4.69, 9.17) is 10.8 Å². The molecule has 1 fully saturated rings. The Morgan fingerprint density at radius 1 is 1.31 bits per heavy atom. The van der Waals surface area contributed by atoms with Gasteiger partial charge in [-0.3, -0.25) is 9.59 Å². The SMILES string of the molecule is CC(C(=O)O)C1CN(C(=O)[C@H](N)C(C)C)C1. The minimum absolute atomic E-state index is 0.0659. The molecule has 5 nitrogen and oxygen atoms in total. The van der Waals surface area contributed by atoms with Crippen molar-refractivity contribution >= 4 is 11.9 Å². The van der Waals surface area contributed by atoms with Gasteiger partial charge in [0.1, 0.15) is 0 Å². The predicted octanol–water partition coefficient (Wildman–Crippen LogP) is 0.149. The molecule has 1 aliphatic heterocycles. The molecule has 0 saturated carbocycles. The van der Waals surface area contributed by atoms with E-state index in [1.165, 1.54) is 0 Å². The first kappa shape index (κ1) is 13.0. The summed E-state index contributed by atoms with van der Waals surface area (Å²) < 4.78 is 0. The van der Waals surface area contributed by atoms with Gasteiger partial charge in [0.2, 0.25) is 5.91 Å². The summed E-state index contributed by atoms with van der Waals surface area (Å²) in [7, 11) is 0. The summed E-state index contributed by atoms with van der Waals surface area (Å²) in [4.78, 5) is 24.1. The van der Waals surface area contributed by atoms with Crippen molar-refractivity contribution in [1.82, 2.24) is 4.90 Å². The molecule has 16 heavy (non-hydrogen) atoms. The van der Waals surface area contributed by atoms with Crippen LogP contribution in [0.4, 0.5) is 0 Å². The number of hydrogen-bond donors (Lipinski definition) is 2. The lowest BCUT2D eigenvalue weighted by Crippen LogP contribution is -2.58. The minimum Gasteiger partial charge on any atom is -0.481 e. The number of hydrogen-bond acceptors (Lipinski definition) is 3. The van der Waals surface area contributed by atoms with Crippen LogP contribution in [-0.4, -0.2) is 41.0 Å². The molecule has 0 bridgehead atoms. The number of aliphatic carboxylic acids is 1. The summed E-state index contributed by atoms with van der Waals surface area (Å²) in [5, 5.41) is 8.81. The van der Waals surface area contributed by atoms with Crippen LogP contribution in [0.25, 0.3) is 0 Å². The Hall–Kier alpha value is -1.10. The lowest BCUT2D eigenvalue weighted by atomic mass is 9.86. The third-order valence-corrected chi connectivity index (χ3v) is 3.32. The second kappa shape index (κ2) is 4.82. The first-order valence-electron chi connectivity index (χ1n) is 5.61. The zero-order valence-corrected chi connectivity index (χ0v) is 10.0. The zero-order valence-electron chi connectivity index (χ0n) is 10.0. The number of nitrogens with zero attached hydrogens (tertiary/aromatic N) is 1. The first-order chi connectivity index (χ1) is 7.34. The molecule has 1 saturated heterocycles. The van der Waals surface area contributed by atoms with Gasteiger partial charge in [0.25, 0.3) is 0 Å². The average molecular weight is 228 g/mol. The molecule has 0 aromatic rings. The third kappa shape index (κ3) is 2.52. The van der Waals surface area contributed by atoms with Gasteiger partial charge < -0.3 is 15.7 Å². The second-order valence-corrected chi connectivity index (χ2v) is 4.90. The van der Waals surface area contributed by atoms with Crippen molar-refractivity contribution in [2.24, 2.45) is 23.5 Å². The summed E-state index contributed by atoms with van der Waals surface area (Å²) in [6.07, 6.45) is 0. The standard InChI is InChI=1S/C11H20N2O3/c1-6(2)9(12)10(14)13-4-8(5-13)7(3)11(15)16/h6-9H,4-5,12H2,1-3H3,(H,15,16)/t7?,9-/m1/s1. The van der Waals surface area contributed by atoms with Gasteiger partial charge in [-0.2, -0.15) is 0 Å². The van der Waals surface area contributed by atoms with Crippen LogP contribution in [0.5, 0.6) is 0 Å². The van der Waals surface area contributed by atoms with Crippen molar-refractivity contribution in [2.45, 2.75) is 26.8 Å². The molecule has 1 rings (SSSR count). The van der Waals surface area contributed by atoms with Crippen LogP contribution in [0.15, 0.2) is 0 Å². The number of nitrogens with two attached hydrogens (primary N) is 1. The number of rotatable bonds is 4. The molecule has 0 aromatic heterocycles. The molecule has 92 valence electrons. The molecule has 1 aliphatic rings. The van der Waals surface area contributed by atoms with E-state index in [-0.39, 0.29) is 23.7 Å². The quantitative estimate of drug-likeness (QED) is 0.717. The summed E-state index contributed by atoms with van der Waals surface area (Å²) in [6, 6.07) is -0.471. The fourth-order valence-corrected chi connectivity index (χ4v) is 1.71. The highest BCUT2D eigenvalue weighted by Crippen LogP contribution is 2.25. The Morgan fingerprint density at radius 2 is 1.81 bits per heavy atom. The lowest BCUT2D eigenvalue weighted by Gasteiger charge is -2.42. The first-order valence-corrected chi connectivity index (χ1v) is 5.61. The average Bonchev–Trinajstić information content (AvgIpc) is 2.13. The topological polar surface area (TPSA) is 83.6 Å². The van der Waals surface area contributed by atoms with Crippen molar-refractivity contribution in [3.63, 3.8) is 0 Å². The molecular weight excluding hydrogens is 208 g/mol. The number of likely N-dealkylation sites (tertiary alicyclic amines) is 1. The molecule has 3 N–H and O–H groups in total. The van der Waals surface area contributed by atoms with Crippen molar-refractivity contribution in [2.75, 3.05) is 13.1 Å². The van der Waals surface area contributed by atoms with Gasteiger partial charge >= 0.3 is 5.97 Å². The number of carboxylic acids is 1. The molecule has 0 aromatic carbocycles. The maximum Gasteiger partial charge on any atom is 0.306 e. The Labute approximate surface area is 95.6 Å². The van der Waals surface area contributed by atoms with Gasteiger partial charge in [-0.25, -0.2) is 0 Å². The van der Waals surface area contributed by atoms with E-state index in [2.05, 4.69) is 0 Å². The number of carbonyl (C=O) groups is 2. The molecule has 0 aliphatic carbocycles. The number of carbonyl (C=O) groups excluding carboxylic acids is 1. The highest BCUT2D eigenvalue weighted by molar-refractivity contribution is 5.83. The van der Waals surface area contributed by atoms with Crippen LogP contribution in [0, 0.1) is 17.8 Å². The molecule has 0 spiro atoms. The zero-order chi connectivity index (χ0) is 12.5. The summed E-state index contributed by atoms with van der Waals surface area (Å²) >= 11 is 0. The maximum absolute atomic E-state index is 11.8. The Bertz CT molecular complexity index is 285. The van der Waals surface area contributed by atoms with Crippen LogP contribution >= 0.6 is 0 Å². The van der Waals surface area contributed by atoms with Crippen LogP contribution < -0.4 is 5.73 Å². The van der Waals surface area contributed by atoms with Crippen LogP contribution in [0.2, 0.25) is 0 Å². The highest BCUT2D eigenvalue weighted by Gasteiger charge is 2.38. The molecule has 1 amide bonds. The predicted molar refractivity (Wildman–Crippen MR) is 59.7 cm³/mol. The second-order valence-electron chi connectivity index (χ2n) is 4.90. The molecule has 1 heterocycles. The monoisotopic (exact) mass is 228 g/mol. The van der Waals surface area contributed by atoms with E-state index >= 15 is 0 Å². The van der Waals surface area contributed by atoms with Crippen molar-refractivity contribution < 1.29 is 14.7 Å². The van der Waals surface area contributed by atoms with Crippen LogP contribution in [-0.2, 0) is 9.59 Å². The Morgan fingerprint density at radius 3 is 2.19 bits per heavy atom. The molecule has 5 heteroatoms. The van der Waals surface area contributed by atoms with Gasteiger partial charge in [0, 0.05) is 19.0 Å². The van der Waals surface area contributed by atoms with Crippen LogP contribution in [0.1, 0.15) is 20.8 Å².